The fourth-order valence-electron chi connectivity index (χ4n) is 3.44. The van der Waals surface area contributed by atoms with Crippen LogP contribution in [0.1, 0.15) is 63.0 Å². The van der Waals surface area contributed by atoms with Crippen LogP contribution in [0, 0.1) is 25.2 Å². The molecule has 2 aromatic rings. The largest absolute Gasteiger partial charge is 0.452 e. The van der Waals surface area contributed by atoms with E-state index in [4.69, 9.17) is 4.74 Å². The van der Waals surface area contributed by atoms with Crippen LogP contribution in [0.25, 0.3) is 0 Å². The van der Waals surface area contributed by atoms with Crippen molar-refractivity contribution in [1.29, 1.82) is 5.26 Å². The van der Waals surface area contributed by atoms with Crippen LogP contribution in [0.5, 0.6) is 0 Å². The van der Waals surface area contributed by atoms with Gasteiger partial charge in [-0.15, -0.1) is 22.7 Å². The summed E-state index contributed by atoms with van der Waals surface area (Å²) in [6.45, 7) is 4.51. The lowest BCUT2D eigenvalue weighted by atomic mass is 10.1. The number of anilines is 2. The second kappa shape index (κ2) is 9.41. The van der Waals surface area contributed by atoms with E-state index in [2.05, 4.69) is 16.7 Å². The van der Waals surface area contributed by atoms with Crippen molar-refractivity contribution in [2.45, 2.75) is 52.9 Å². The molecule has 0 radical (unpaired) electrons. The summed E-state index contributed by atoms with van der Waals surface area (Å²) in [5, 5.41) is 15.9. The van der Waals surface area contributed by atoms with Gasteiger partial charge in [-0.2, -0.15) is 5.26 Å². The van der Waals surface area contributed by atoms with Crippen LogP contribution in [0.2, 0.25) is 0 Å². The third-order valence-corrected chi connectivity index (χ3v) is 7.33. The molecule has 1 aliphatic carbocycles. The monoisotopic (exact) mass is 445 g/mol. The molecule has 0 atom stereocenters. The molecule has 2 N–H and O–H groups in total. The Bertz CT molecular complexity index is 1050. The van der Waals surface area contributed by atoms with Crippen molar-refractivity contribution >= 4 is 50.5 Å². The maximum atomic E-state index is 12.6. The number of ether oxygens (including phenoxy) is 1. The third-order valence-electron chi connectivity index (χ3n) is 5.00. The van der Waals surface area contributed by atoms with Gasteiger partial charge in [0.25, 0.3) is 5.91 Å². The van der Waals surface area contributed by atoms with Crippen LogP contribution in [-0.4, -0.2) is 24.4 Å². The predicted octanol–water partition coefficient (Wildman–Crippen LogP) is 4.32. The molecule has 2 heterocycles. The highest BCUT2D eigenvalue weighted by Gasteiger charge is 2.24. The number of hydrogen-bond acceptors (Lipinski definition) is 7. The quantitative estimate of drug-likeness (QED) is 0.526. The van der Waals surface area contributed by atoms with Crippen LogP contribution in [0.3, 0.4) is 0 Å². The number of fused-ring (bicyclic) bond motifs is 1. The first kappa shape index (κ1) is 22.0. The minimum Gasteiger partial charge on any atom is -0.452 e. The first-order chi connectivity index (χ1) is 14.3. The molecule has 0 fully saturated rings. The zero-order valence-corrected chi connectivity index (χ0v) is 18.8. The minimum atomic E-state index is -0.668. The second-order valence-electron chi connectivity index (χ2n) is 7.17. The van der Waals surface area contributed by atoms with Crippen LogP contribution < -0.4 is 10.6 Å². The van der Waals surface area contributed by atoms with Crippen LogP contribution in [0.15, 0.2) is 0 Å². The number of thiophene rings is 2. The highest BCUT2D eigenvalue weighted by atomic mass is 32.1. The van der Waals surface area contributed by atoms with Gasteiger partial charge in [-0.3, -0.25) is 9.59 Å². The fraction of sp³-hybridized carbons (Fsp3) is 0.429. The molecule has 0 unspecified atom stereocenters. The normalized spacial score (nSPS) is 13.0. The van der Waals surface area contributed by atoms with Gasteiger partial charge in [-0.05, 0) is 50.7 Å². The summed E-state index contributed by atoms with van der Waals surface area (Å²) in [4.78, 5) is 38.4. The minimum absolute atomic E-state index is 0.265. The molecule has 0 bridgehead atoms. The molecule has 1 aliphatic rings. The number of nitrogens with zero attached hydrogens (tertiary/aromatic N) is 1. The van der Waals surface area contributed by atoms with Gasteiger partial charge in [0.05, 0.1) is 11.1 Å². The van der Waals surface area contributed by atoms with Gasteiger partial charge in [0.15, 0.2) is 6.61 Å². The predicted molar refractivity (Wildman–Crippen MR) is 117 cm³/mol. The fourth-order valence-corrected chi connectivity index (χ4v) is 5.79. The smallest absolute Gasteiger partial charge is 0.341 e. The zero-order chi connectivity index (χ0) is 21.8. The van der Waals surface area contributed by atoms with Gasteiger partial charge >= 0.3 is 5.97 Å². The van der Waals surface area contributed by atoms with Crippen LogP contribution >= 0.6 is 22.7 Å². The van der Waals surface area contributed by atoms with Gasteiger partial charge in [-0.1, -0.05) is 6.42 Å². The van der Waals surface area contributed by atoms with E-state index in [9.17, 15) is 19.6 Å². The molecule has 3 rings (SSSR count). The van der Waals surface area contributed by atoms with E-state index in [1.54, 1.807) is 6.92 Å². The van der Waals surface area contributed by atoms with E-state index in [1.807, 2.05) is 6.92 Å². The molecule has 0 spiro atoms. The SMILES string of the molecule is CC(=O)Nc1sc(C)c(C)c1C(=O)OCC(=O)Nc1sc2c(c1C#N)CCCCC2. The van der Waals surface area contributed by atoms with Gasteiger partial charge in [-0.25, -0.2) is 4.79 Å². The Balaban J connectivity index is 1.68. The van der Waals surface area contributed by atoms with E-state index in [-0.39, 0.29) is 11.5 Å². The summed E-state index contributed by atoms with van der Waals surface area (Å²) in [6.07, 6.45) is 5.04. The number of hydrogen-bond donors (Lipinski definition) is 2. The molecule has 30 heavy (non-hydrogen) atoms. The molecule has 0 saturated carbocycles. The molecule has 7 nitrogen and oxygen atoms in total. The molecule has 2 amide bonds. The number of aryl methyl sites for hydroxylation is 2. The lowest BCUT2D eigenvalue weighted by Gasteiger charge is -2.08. The Hall–Kier alpha value is -2.70. The first-order valence-corrected chi connectivity index (χ1v) is 11.3. The van der Waals surface area contributed by atoms with Crippen molar-refractivity contribution in [1.82, 2.24) is 0 Å². The van der Waals surface area contributed by atoms with E-state index >= 15 is 0 Å². The summed E-state index contributed by atoms with van der Waals surface area (Å²) in [6, 6.07) is 2.21. The number of rotatable bonds is 5. The standard InChI is InChI=1S/C21H23N3O4S2/c1-11-12(2)29-20(23-13(3)25)18(11)21(27)28-10-17(26)24-19-15(9-22)14-7-5-4-6-8-16(14)30-19/h4-8,10H2,1-3H3,(H,23,25)(H,24,26). The molecule has 2 aromatic heterocycles. The summed E-state index contributed by atoms with van der Waals surface area (Å²) >= 11 is 2.72. The molecule has 0 aromatic carbocycles. The van der Waals surface area contributed by atoms with Gasteiger partial charge in [0.1, 0.15) is 16.1 Å². The molecule has 158 valence electrons. The summed E-state index contributed by atoms with van der Waals surface area (Å²) in [7, 11) is 0. The number of amides is 2. The number of carbonyl (C=O) groups is 3. The Morgan fingerprint density at radius 3 is 2.50 bits per heavy atom. The molecular weight excluding hydrogens is 422 g/mol. The van der Waals surface area contributed by atoms with Crippen molar-refractivity contribution in [2.24, 2.45) is 0 Å². The third kappa shape index (κ3) is 4.71. The van der Waals surface area contributed by atoms with E-state index in [1.165, 1.54) is 29.6 Å². The molecular formula is C21H23N3O4S2. The average Bonchev–Trinajstić information content (AvgIpc) is 3.03. The Morgan fingerprint density at radius 2 is 1.80 bits per heavy atom. The van der Waals surface area contributed by atoms with Crippen molar-refractivity contribution in [2.75, 3.05) is 17.2 Å². The van der Waals surface area contributed by atoms with Crippen molar-refractivity contribution in [3.8, 4) is 6.07 Å². The Morgan fingerprint density at radius 1 is 1.07 bits per heavy atom. The number of nitrogens with one attached hydrogen (secondary N) is 2. The molecule has 0 aliphatic heterocycles. The number of carbonyl (C=O) groups excluding carboxylic acids is 3. The molecule has 0 saturated heterocycles. The highest BCUT2D eigenvalue weighted by Crippen LogP contribution is 2.37. The van der Waals surface area contributed by atoms with Gasteiger partial charge in [0, 0.05) is 16.7 Å². The average molecular weight is 446 g/mol. The van der Waals surface area contributed by atoms with Crippen molar-refractivity contribution < 1.29 is 19.1 Å². The Labute approximate surface area is 183 Å². The lowest BCUT2D eigenvalue weighted by molar-refractivity contribution is -0.119. The van der Waals surface area contributed by atoms with Crippen LogP contribution in [0.4, 0.5) is 10.0 Å². The van der Waals surface area contributed by atoms with Gasteiger partial charge in [0.2, 0.25) is 5.91 Å². The summed E-state index contributed by atoms with van der Waals surface area (Å²) in [5.74, 6) is -1.45. The maximum Gasteiger partial charge on any atom is 0.341 e. The topological polar surface area (TPSA) is 108 Å². The lowest BCUT2D eigenvalue weighted by Crippen LogP contribution is -2.21. The number of nitriles is 1. The van der Waals surface area contributed by atoms with E-state index < -0.39 is 18.5 Å². The Kier molecular flexibility index (Phi) is 6.90. The second-order valence-corrected chi connectivity index (χ2v) is 9.50. The number of esters is 1. The summed E-state index contributed by atoms with van der Waals surface area (Å²) < 4.78 is 5.20. The van der Waals surface area contributed by atoms with Crippen molar-refractivity contribution in [3.05, 3.63) is 32.0 Å². The van der Waals surface area contributed by atoms with E-state index in [0.29, 0.717) is 21.1 Å². The van der Waals surface area contributed by atoms with Gasteiger partial charge < -0.3 is 15.4 Å². The van der Waals surface area contributed by atoms with E-state index in [0.717, 1.165) is 47.4 Å². The first-order valence-electron chi connectivity index (χ1n) is 9.71. The van der Waals surface area contributed by atoms with Crippen LogP contribution in [-0.2, 0) is 27.2 Å². The maximum absolute atomic E-state index is 12.6. The summed E-state index contributed by atoms with van der Waals surface area (Å²) in [5.41, 5.74) is 2.54. The zero-order valence-electron chi connectivity index (χ0n) is 17.1. The van der Waals surface area contributed by atoms with Crippen molar-refractivity contribution in [3.63, 3.8) is 0 Å². The molecule has 9 heteroatoms. The highest BCUT2D eigenvalue weighted by molar-refractivity contribution is 7.17.